The average molecular weight is 402 g/mol. The standard InChI is InChI=1S/C21H24FN3O2S/c1-14(23)21-24-19-10-5-11-20(28(26,27)17-8-2-3-9-17)18(19)13-25(21)16-7-4-6-15(22)12-16/h4-7,10-12,14,17H,2-3,8-9,13,23H2,1H3/t14-/m0/s1. The van der Waals surface area contributed by atoms with E-state index in [0.29, 0.717) is 47.1 Å². The first kappa shape index (κ1) is 19.1. The Morgan fingerprint density at radius 2 is 1.89 bits per heavy atom. The molecule has 28 heavy (non-hydrogen) atoms. The minimum Gasteiger partial charge on any atom is -0.324 e. The molecule has 148 valence electrons. The van der Waals surface area contributed by atoms with Crippen LogP contribution in [-0.4, -0.2) is 25.5 Å². The van der Waals surface area contributed by atoms with Crippen molar-refractivity contribution >= 4 is 27.0 Å². The van der Waals surface area contributed by atoms with Gasteiger partial charge in [-0.15, -0.1) is 0 Å². The lowest BCUT2D eigenvalue weighted by molar-refractivity contribution is 0.578. The molecule has 1 fully saturated rings. The summed E-state index contributed by atoms with van der Waals surface area (Å²) in [5.41, 5.74) is 8.01. The summed E-state index contributed by atoms with van der Waals surface area (Å²) in [6.07, 6.45) is 3.30. The monoisotopic (exact) mass is 401 g/mol. The van der Waals surface area contributed by atoms with E-state index in [1.807, 2.05) is 17.9 Å². The number of nitrogens with two attached hydrogens (primary N) is 1. The molecular weight excluding hydrogens is 377 g/mol. The predicted molar refractivity (Wildman–Crippen MR) is 109 cm³/mol. The molecule has 5 nitrogen and oxygen atoms in total. The third-order valence-electron chi connectivity index (χ3n) is 5.51. The van der Waals surface area contributed by atoms with Crippen LogP contribution in [0.25, 0.3) is 0 Å². The molecule has 1 atom stereocenters. The molecule has 0 saturated heterocycles. The fourth-order valence-corrected chi connectivity index (χ4v) is 6.19. The number of fused-ring (bicyclic) bond motifs is 1. The van der Waals surface area contributed by atoms with Crippen LogP contribution in [0, 0.1) is 5.82 Å². The average Bonchev–Trinajstić information content (AvgIpc) is 3.22. The van der Waals surface area contributed by atoms with Crippen LogP contribution < -0.4 is 10.6 Å². The number of anilines is 1. The van der Waals surface area contributed by atoms with Gasteiger partial charge in [-0.1, -0.05) is 25.0 Å². The van der Waals surface area contributed by atoms with Gasteiger partial charge in [0.2, 0.25) is 0 Å². The van der Waals surface area contributed by atoms with E-state index >= 15 is 0 Å². The fraction of sp³-hybridized carbons (Fsp3) is 0.381. The molecule has 0 aromatic heterocycles. The van der Waals surface area contributed by atoms with Crippen LogP contribution in [0.4, 0.5) is 15.8 Å². The summed E-state index contributed by atoms with van der Waals surface area (Å²) < 4.78 is 40.4. The number of hydrogen-bond donors (Lipinski definition) is 1. The molecule has 2 aliphatic rings. The van der Waals surface area contributed by atoms with Crippen molar-refractivity contribution in [1.82, 2.24) is 0 Å². The zero-order valence-corrected chi connectivity index (χ0v) is 16.6. The van der Waals surface area contributed by atoms with Gasteiger partial charge in [-0.2, -0.15) is 0 Å². The fourth-order valence-electron chi connectivity index (χ4n) is 4.10. The van der Waals surface area contributed by atoms with Gasteiger partial charge in [-0.3, -0.25) is 0 Å². The van der Waals surface area contributed by atoms with Crippen molar-refractivity contribution in [1.29, 1.82) is 0 Å². The lowest BCUT2D eigenvalue weighted by Gasteiger charge is -2.33. The normalized spacial score (nSPS) is 18.7. The quantitative estimate of drug-likeness (QED) is 0.842. The van der Waals surface area contributed by atoms with Crippen molar-refractivity contribution in [2.75, 3.05) is 4.90 Å². The summed E-state index contributed by atoms with van der Waals surface area (Å²) in [7, 11) is -3.43. The molecule has 4 rings (SSSR count). The van der Waals surface area contributed by atoms with Gasteiger partial charge in [-0.05, 0) is 50.1 Å². The highest BCUT2D eigenvalue weighted by molar-refractivity contribution is 7.92. The molecule has 0 radical (unpaired) electrons. The van der Waals surface area contributed by atoms with E-state index in [1.165, 1.54) is 12.1 Å². The summed E-state index contributed by atoms with van der Waals surface area (Å²) in [4.78, 5) is 6.81. The van der Waals surface area contributed by atoms with Gasteiger partial charge in [0, 0.05) is 11.3 Å². The molecular formula is C21H24FN3O2S. The maximum atomic E-state index is 13.8. The molecule has 0 spiro atoms. The molecule has 2 N–H and O–H groups in total. The Hall–Kier alpha value is -2.25. The van der Waals surface area contributed by atoms with Crippen LogP contribution in [-0.2, 0) is 16.4 Å². The predicted octanol–water partition coefficient (Wildman–Crippen LogP) is 3.94. The second kappa shape index (κ2) is 7.29. The number of sulfone groups is 1. The maximum Gasteiger partial charge on any atom is 0.181 e. The van der Waals surface area contributed by atoms with E-state index < -0.39 is 9.84 Å². The molecule has 1 aliphatic carbocycles. The van der Waals surface area contributed by atoms with Crippen molar-refractivity contribution in [2.24, 2.45) is 10.7 Å². The van der Waals surface area contributed by atoms with E-state index in [-0.39, 0.29) is 17.1 Å². The van der Waals surface area contributed by atoms with Crippen LogP contribution in [0.15, 0.2) is 52.4 Å². The summed E-state index contributed by atoms with van der Waals surface area (Å²) in [5, 5.41) is -0.333. The van der Waals surface area contributed by atoms with E-state index in [0.717, 1.165) is 12.8 Å². The topological polar surface area (TPSA) is 75.8 Å². The van der Waals surface area contributed by atoms with Crippen molar-refractivity contribution in [3.63, 3.8) is 0 Å². The maximum absolute atomic E-state index is 13.8. The highest BCUT2D eigenvalue weighted by atomic mass is 32.2. The molecule has 7 heteroatoms. The lowest BCUT2D eigenvalue weighted by atomic mass is 10.1. The van der Waals surface area contributed by atoms with Gasteiger partial charge < -0.3 is 10.6 Å². The number of hydrogen-bond acceptors (Lipinski definition) is 5. The zero-order valence-electron chi connectivity index (χ0n) is 15.8. The molecule has 0 amide bonds. The van der Waals surface area contributed by atoms with Crippen molar-refractivity contribution in [2.45, 2.75) is 55.3 Å². The van der Waals surface area contributed by atoms with Crippen LogP contribution >= 0.6 is 0 Å². The summed E-state index contributed by atoms with van der Waals surface area (Å²) in [6.45, 7) is 2.11. The highest BCUT2D eigenvalue weighted by Gasteiger charge is 2.35. The first-order valence-electron chi connectivity index (χ1n) is 9.61. The molecule has 0 bridgehead atoms. The van der Waals surface area contributed by atoms with Crippen molar-refractivity contribution in [3.8, 4) is 0 Å². The van der Waals surface area contributed by atoms with Gasteiger partial charge in [0.15, 0.2) is 9.84 Å². The minimum absolute atomic E-state index is 0.293. The third kappa shape index (κ3) is 3.33. The first-order valence-corrected chi connectivity index (χ1v) is 11.2. The Morgan fingerprint density at radius 1 is 1.18 bits per heavy atom. The van der Waals surface area contributed by atoms with E-state index in [9.17, 15) is 12.8 Å². The van der Waals surface area contributed by atoms with Crippen LogP contribution in [0.3, 0.4) is 0 Å². The number of benzene rings is 2. The second-order valence-electron chi connectivity index (χ2n) is 7.53. The number of rotatable bonds is 4. The van der Waals surface area contributed by atoms with Crippen LogP contribution in [0.2, 0.25) is 0 Å². The Labute approximate surface area is 165 Å². The van der Waals surface area contributed by atoms with Gasteiger partial charge in [-0.25, -0.2) is 17.8 Å². The molecule has 1 heterocycles. The van der Waals surface area contributed by atoms with Crippen LogP contribution in [0.1, 0.15) is 38.2 Å². The van der Waals surface area contributed by atoms with Crippen LogP contribution in [0.5, 0.6) is 0 Å². The molecule has 1 aliphatic heterocycles. The van der Waals surface area contributed by atoms with Gasteiger partial charge in [0.1, 0.15) is 11.7 Å². The van der Waals surface area contributed by atoms with E-state index in [2.05, 4.69) is 4.99 Å². The molecule has 0 unspecified atom stereocenters. The Kier molecular flexibility index (Phi) is 4.97. The lowest BCUT2D eigenvalue weighted by Crippen LogP contribution is -2.44. The van der Waals surface area contributed by atoms with E-state index in [4.69, 9.17) is 5.73 Å². The molecule has 2 aromatic rings. The summed E-state index contributed by atoms with van der Waals surface area (Å²) >= 11 is 0. The van der Waals surface area contributed by atoms with E-state index in [1.54, 1.807) is 24.3 Å². The SMILES string of the molecule is C[C@H](N)C1=Nc2cccc(S(=O)(=O)C3CCCC3)c2CN1c1cccc(F)c1. The zero-order chi connectivity index (χ0) is 19.9. The Morgan fingerprint density at radius 3 is 2.57 bits per heavy atom. The highest BCUT2D eigenvalue weighted by Crippen LogP contribution is 2.38. The Balaban J connectivity index is 1.84. The number of nitrogens with zero attached hydrogens (tertiary/aromatic N) is 2. The number of aliphatic imine (C=N–C) groups is 1. The smallest absolute Gasteiger partial charge is 0.181 e. The van der Waals surface area contributed by atoms with Gasteiger partial charge in [0.25, 0.3) is 0 Å². The number of amidine groups is 1. The van der Waals surface area contributed by atoms with Crippen molar-refractivity contribution < 1.29 is 12.8 Å². The van der Waals surface area contributed by atoms with Crippen molar-refractivity contribution in [3.05, 3.63) is 53.8 Å². The largest absolute Gasteiger partial charge is 0.324 e. The molecule has 1 saturated carbocycles. The molecule has 2 aromatic carbocycles. The number of halogens is 1. The summed E-state index contributed by atoms with van der Waals surface area (Å²) in [6, 6.07) is 11.0. The second-order valence-corrected chi connectivity index (χ2v) is 9.73. The summed E-state index contributed by atoms with van der Waals surface area (Å²) in [5.74, 6) is 0.229. The Bertz CT molecular complexity index is 1030. The van der Waals surface area contributed by atoms with Gasteiger partial charge >= 0.3 is 0 Å². The third-order valence-corrected chi connectivity index (χ3v) is 7.86. The minimum atomic E-state index is -3.43. The first-order chi connectivity index (χ1) is 13.4. The van der Waals surface area contributed by atoms with Gasteiger partial charge in [0.05, 0.1) is 28.4 Å².